The molecule has 1 aliphatic carbocycles. The fourth-order valence-corrected chi connectivity index (χ4v) is 3.63. The maximum atomic E-state index is 6.41. The predicted octanol–water partition coefficient (Wildman–Crippen LogP) is 3.75. The van der Waals surface area contributed by atoms with Crippen LogP contribution in [0, 0.1) is 13.8 Å². The van der Waals surface area contributed by atoms with Crippen LogP contribution in [0.25, 0.3) is 0 Å². The number of nitrogens with zero attached hydrogens (tertiary/aromatic N) is 2. The summed E-state index contributed by atoms with van der Waals surface area (Å²) in [5.74, 6) is 0. The zero-order valence-electron chi connectivity index (χ0n) is 10.2. The van der Waals surface area contributed by atoms with Gasteiger partial charge in [-0.15, -0.1) is 22.9 Å². The Labute approximate surface area is 107 Å². The highest BCUT2D eigenvalue weighted by atomic mass is 35.5. The topological polar surface area (TPSA) is 16.1 Å². The average molecular weight is 259 g/mol. The Morgan fingerprint density at radius 1 is 1.31 bits per heavy atom. The molecule has 2 rings (SSSR count). The van der Waals surface area contributed by atoms with Crippen molar-refractivity contribution in [3.8, 4) is 0 Å². The van der Waals surface area contributed by atoms with Crippen LogP contribution in [0.5, 0.6) is 0 Å². The number of hydrogen-bond acceptors (Lipinski definition) is 3. The van der Waals surface area contributed by atoms with Gasteiger partial charge in [0, 0.05) is 18.0 Å². The molecule has 2 atom stereocenters. The molecule has 16 heavy (non-hydrogen) atoms. The van der Waals surface area contributed by atoms with Crippen LogP contribution in [-0.4, -0.2) is 23.5 Å². The van der Waals surface area contributed by atoms with Crippen molar-refractivity contribution in [1.29, 1.82) is 0 Å². The van der Waals surface area contributed by atoms with Crippen molar-refractivity contribution in [1.82, 2.24) is 4.98 Å². The van der Waals surface area contributed by atoms with Crippen LogP contribution in [0.4, 0.5) is 5.13 Å². The monoisotopic (exact) mass is 258 g/mol. The minimum Gasteiger partial charge on any atom is -0.347 e. The molecule has 0 N–H and O–H groups in total. The highest BCUT2D eigenvalue weighted by Gasteiger charge is 2.28. The first-order valence-electron chi connectivity index (χ1n) is 5.90. The zero-order chi connectivity index (χ0) is 11.7. The molecule has 1 aromatic heterocycles. The molecular formula is C12H19ClN2S. The van der Waals surface area contributed by atoms with Crippen molar-refractivity contribution in [3.05, 3.63) is 10.6 Å². The third-order valence-corrected chi connectivity index (χ3v) is 5.14. The van der Waals surface area contributed by atoms with E-state index in [1.807, 2.05) is 0 Å². The maximum Gasteiger partial charge on any atom is 0.185 e. The maximum absolute atomic E-state index is 6.41. The van der Waals surface area contributed by atoms with Gasteiger partial charge in [-0.2, -0.15) is 0 Å². The highest BCUT2D eigenvalue weighted by molar-refractivity contribution is 7.15. The highest BCUT2D eigenvalue weighted by Crippen LogP contribution is 2.32. The minimum absolute atomic E-state index is 0.281. The van der Waals surface area contributed by atoms with Crippen LogP contribution < -0.4 is 4.90 Å². The molecule has 0 saturated heterocycles. The molecule has 2 nitrogen and oxygen atoms in total. The van der Waals surface area contributed by atoms with Crippen LogP contribution in [0.1, 0.15) is 36.3 Å². The van der Waals surface area contributed by atoms with E-state index in [9.17, 15) is 0 Å². The van der Waals surface area contributed by atoms with Gasteiger partial charge in [0.25, 0.3) is 0 Å². The molecule has 1 fully saturated rings. The number of anilines is 1. The Bertz CT molecular complexity index is 344. The van der Waals surface area contributed by atoms with E-state index in [0.717, 1.165) is 17.2 Å². The number of rotatable bonds is 2. The van der Waals surface area contributed by atoms with Crippen LogP contribution in [0.2, 0.25) is 0 Å². The largest absolute Gasteiger partial charge is 0.347 e. The Morgan fingerprint density at radius 3 is 2.56 bits per heavy atom. The molecule has 1 heterocycles. The standard InChI is InChI=1S/C12H19ClN2S/c1-8-9(2)16-12(14-8)15(3)11-7-5-4-6-10(11)13/h10-11H,4-7H2,1-3H3. The molecule has 1 aromatic rings. The lowest BCUT2D eigenvalue weighted by atomic mass is 9.94. The first-order chi connectivity index (χ1) is 7.59. The molecule has 90 valence electrons. The molecule has 2 unspecified atom stereocenters. The van der Waals surface area contributed by atoms with E-state index in [1.165, 1.54) is 24.1 Å². The van der Waals surface area contributed by atoms with E-state index in [-0.39, 0.29) is 5.38 Å². The third-order valence-electron chi connectivity index (χ3n) is 3.46. The Kier molecular flexibility index (Phi) is 3.75. The van der Waals surface area contributed by atoms with Crippen molar-refractivity contribution in [2.24, 2.45) is 0 Å². The van der Waals surface area contributed by atoms with Crippen LogP contribution in [0.3, 0.4) is 0 Å². The molecule has 0 spiro atoms. The Morgan fingerprint density at radius 2 is 2.00 bits per heavy atom. The van der Waals surface area contributed by atoms with Gasteiger partial charge in [-0.05, 0) is 26.7 Å². The van der Waals surface area contributed by atoms with Gasteiger partial charge in [0.15, 0.2) is 5.13 Å². The average Bonchev–Trinajstić information content (AvgIpc) is 2.59. The second kappa shape index (κ2) is 4.92. The molecule has 0 aromatic carbocycles. The first kappa shape index (κ1) is 12.2. The fraction of sp³-hybridized carbons (Fsp3) is 0.750. The summed E-state index contributed by atoms with van der Waals surface area (Å²) in [5, 5.41) is 1.40. The lowest BCUT2D eigenvalue weighted by molar-refractivity contribution is 0.434. The third kappa shape index (κ3) is 2.35. The number of aromatic nitrogens is 1. The molecular weight excluding hydrogens is 240 g/mol. The summed E-state index contributed by atoms with van der Waals surface area (Å²) in [6, 6.07) is 0.459. The Balaban J connectivity index is 2.14. The summed E-state index contributed by atoms with van der Waals surface area (Å²) in [6.07, 6.45) is 4.90. The van der Waals surface area contributed by atoms with Crippen LogP contribution in [0.15, 0.2) is 0 Å². The van der Waals surface area contributed by atoms with E-state index in [2.05, 4.69) is 30.8 Å². The van der Waals surface area contributed by atoms with Crippen molar-refractivity contribution in [2.75, 3.05) is 11.9 Å². The molecule has 0 radical (unpaired) electrons. The van der Waals surface area contributed by atoms with E-state index >= 15 is 0 Å². The number of aryl methyl sites for hydroxylation is 2. The SMILES string of the molecule is Cc1nc(N(C)C2CCCCC2Cl)sc1C. The summed E-state index contributed by atoms with van der Waals surface area (Å²) in [7, 11) is 2.13. The smallest absolute Gasteiger partial charge is 0.185 e. The summed E-state index contributed by atoms with van der Waals surface area (Å²) in [4.78, 5) is 8.19. The number of halogens is 1. The van der Waals surface area contributed by atoms with Crippen molar-refractivity contribution in [3.63, 3.8) is 0 Å². The minimum atomic E-state index is 0.281. The van der Waals surface area contributed by atoms with Crippen LogP contribution >= 0.6 is 22.9 Å². The first-order valence-corrected chi connectivity index (χ1v) is 7.16. The Hall–Kier alpha value is -0.280. The molecule has 0 aliphatic heterocycles. The quantitative estimate of drug-likeness (QED) is 0.752. The number of thiazole rings is 1. The molecule has 0 bridgehead atoms. The molecule has 0 amide bonds. The van der Waals surface area contributed by atoms with Crippen LogP contribution in [-0.2, 0) is 0 Å². The summed E-state index contributed by atoms with van der Waals surface area (Å²) < 4.78 is 0. The lowest BCUT2D eigenvalue weighted by Crippen LogP contribution is -2.40. The van der Waals surface area contributed by atoms with E-state index in [1.54, 1.807) is 11.3 Å². The second-order valence-electron chi connectivity index (χ2n) is 4.62. The van der Waals surface area contributed by atoms with E-state index < -0.39 is 0 Å². The van der Waals surface area contributed by atoms with Gasteiger partial charge >= 0.3 is 0 Å². The summed E-state index contributed by atoms with van der Waals surface area (Å²) >= 11 is 8.18. The van der Waals surface area contributed by atoms with Crippen molar-refractivity contribution in [2.45, 2.75) is 50.9 Å². The second-order valence-corrected chi connectivity index (χ2v) is 6.36. The zero-order valence-corrected chi connectivity index (χ0v) is 11.7. The molecule has 1 aliphatic rings. The number of hydrogen-bond donors (Lipinski definition) is 0. The van der Waals surface area contributed by atoms with Gasteiger partial charge in [0.05, 0.1) is 11.1 Å². The predicted molar refractivity (Wildman–Crippen MR) is 71.9 cm³/mol. The van der Waals surface area contributed by atoms with Gasteiger partial charge in [0.2, 0.25) is 0 Å². The molecule has 4 heteroatoms. The van der Waals surface area contributed by atoms with Gasteiger partial charge < -0.3 is 4.90 Å². The molecule has 1 saturated carbocycles. The van der Waals surface area contributed by atoms with Gasteiger partial charge in [-0.3, -0.25) is 0 Å². The number of alkyl halides is 1. The van der Waals surface area contributed by atoms with E-state index in [4.69, 9.17) is 11.6 Å². The van der Waals surface area contributed by atoms with Crippen molar-refractivity contribution >= 4 is 28.1 Å². The normalized spacial score (nSPS) is 25.8. The summed E-state index contributed by atoms with van der Waals surface area (Å²) in [6.45, 7) is 4.20. The van der Waals surface area contributed by atoms with Gasteiger partial charge in [0.1, 0.15) is 0 Å². The lowest BCUT2D eigenvalue weighted by Gasteiger charge is -2.34. The van der Waals surface area contributed by atoms with E-state index in [0.29, 0.717) is 6.04 Å². The van der Waals surface area contributed by atoms with Gasteiger partial charge in [-0.1, -0.05) is 12.8 Å². The fourth-order valence-electron chi connectivity index (χ4n) is 2.25. The van der Waals surface area contributed by atoms with Gasteiger partial charge in [-0.25, -0.2) is 4.98 Å². The van der Waals surface area contributed by atoms with Crippen molar-refractivity contribution < 1.29 is 0 Å². The summed E-state index contributed by atoms with van der Waals surface area (Å²) in [5.41, 5.74) is 1.15.